The monoisotopic (exact) mass is 370 g/mol. The van der Waals surface area contributed by atoms with Crippen LogP contribution in [0.25, 0.3) is 11.3 Å². The number of aryl methyl sites for hydroxylation is 1. The molecule has 1 aromatic carbocycles. The average Bonchev–Trinajstić information content (AvgIpc) is 3.06. The van der Waals surface area contributed by atoms with Crippen LogP contribution in [0.15, 0.2) is 29.6 Å². The number of carbonyl (C=O) groups excluding carboxylic acids is 2. The largest absolute Gasteiger partial charge is 0.340 e. The Morgan fingerprint density at radius 1 is 1.31 bits per heavy atom. The summed E-state index contributed by atoms with van der Waals surface area (Å²) in [5.41, 5.74) is 2.27. The molecule has 6 nitrogen and oxygen atoms in total. The second kappa shape index (κ2) is 8.59. The maximum atomic E-state index is 12.5. The Morgan fingerprint density at radius 3 is 2.46 bits per heavy atom. The molecule has 0 spiro atoms. The summed E-state index contributed by atoms with van der Waals surface area (Å²) in [6.45, 7) is 5.87. The molecule has 2 rings (SSSR count). The minimum absolute atomic E-state index is 0.201. The van der Waals surface area contributed by atoms with Gasteiger partial charge < -0.3 is 5.32 Å². The van der Waals surface area contributed by atoms with Crippen molar-refractivity contribution in [1.82, 2.24) is 15.2 Å². The van der Waals surface area contributed by atoms with Crippen LogP contribution in [0.2, 0.25) is 0 Å². The van der Waals surface area contributed by atoms with Gasteiger partial charge in [0.1, 0.15) is 6.04 Å². The quantitative estimate of drug-likeness (QED) is 0.625. The molecule has 26 heavy (non-hydrogen) atoms. The Bertz CT molecular complexity index is 821. The maximum absolute atomic E-state index is 12.5. The molecule has 1 heterocycles. The van der Waals surface area contributed by atoms with Crippen molar-refractivity contribution < 1.29 is 9.59 Å². The van der Waals surface area contributed by atoms with Gasteiger partial charge in [0, 0.05) is 23.6 Å². The molecule has 0 saturated heterocycles. The van der Waals surface area contributed by atoms with E-state index in [2.05, 4.69) is 10.3 Å². The third-order valence-corrected chi connectivity index (χ3v) is 4.63. The molecule has 0 radical (unpaired) electrons. The fraction of sp³-hybridized carbons (Fsp3) is 0.368. The van der Waals surface area contributed by atoms with Crippen molar-refractivity contribution in [3.63, 3.8) is 0 Å². The van der Waals surface area contributed by atoms with Crippen LogP contribution in [-0.2, 0) is 4.79 Å². The van der Waals surface area contributed by atoms with Gasteiger partial charge in [0.25, 0.3) is 11.8 Å². The van der Waals surface area contributed by atoms with Crippen molar-refractivity contribution in [2.24, 2.45) is 5.92 Å². The van der Waals surface area contributed by atoms with Crippen molar-refractivity contribution in [3.8, 4) is 17.5 Å². The molecule has 0 aliphatic rings. The number of hydrogen-bond donors (Lipinski definition) is 1. The molecule has 1 aromatic heterocycles. The van der Waals surface area contributed by atoms with Crippen molar-refractivity contribution in [1.29, 1.82) is 5.26 Å². The smallest absolute Gasteiger partial charge is 0.257 e. The molecule has 7 heteroatoms. The first kappa shape index (κ1) is 19.6. The van der Waals surface area contributed by atoms with Crippen LogP contribution in [0.1, 0.15) is 35.6 Å². The topological polar surface area (TPSA) is 86.1 Å². The van der Waals surface area contributed by atoms with E-state index in [1.807, 2.05) is 38.3 Å². The first-order chi connectivity index (χ1) is 12.3. The van der Waals surface area contributed by atoms with E-state index < -0.39 is 11.9 Å². The van der Waals surface area contributed by atoms with Gasteiger partial charge in [0.2, 0.25) is 0 Å². The third kappa shape index (κ3) is 4.90. The summed E-state index contributed by atoms with van der Waals surface area (Å²) >= 11 is 1.57. The zero-order valence-corrected chi connectivity index (χ0v) is 16.1. The normalized spacial score (nSPS) is 11.7. The molecular formula is C19H22N4O2S. The number of likely N-dealkylation sites (N-methyl/N-ethyl adjacent to an activating group) is 1. The Balaban J connectivity index is 2.13. The van der Waals surface area contributed by atoms with Gasteiger partial charge in [-0.1, -0.05) is 26.0 Å². The van der Waals surface area contributed by atoms with E-state index in [1.54, 1.807) is 29.7 Å². The molecule has 0 fully saturated rings. The molecule has 1 atom stereocenters. The van der Waals surface area contributed by atoms with Crippen LogP contribution in [0.4, 0.5) is 0 Å². The van der Waals surface area contributed by atoms with E-state index in [0.29, 0.717) is 12.0 Å². The number of thiazole rings is 1. The van der Waals surface area contributed by atoms with E-state index in [-0.39, 0.29) is 11.8 Å². The lowest BCUT2D eigenvalue weighted by molar-refractivity contribution is -0.129. The number of carbonyl (C=O) groups is 2. The summed E-state index contributed by atoms with van der Waals surface area (Å²) in [5, 5.41) is 14.6. The van der Waals surface area contributed by atoms with E-state index in [1.165, 1.54) is 7.05 Å². The van der Waals surface area contributed by atoms with Gasteiger partial charge in [0.05, 0.1) is 10.7 Å². The van der Waals surface area contributed by atoms with Crippen LogP contribution in [0.3, 0.4) is 0 Å². The second-order valence-corrected chi connectivity index (χ2v) is 7.54. The molecule has 0 bridgehead atoms. The van der Waals surface area contributed by atoms with Crippen LogP contribution < -0.4 is 5.32 Å². The summed E-state index contributed by atoms with van der Waals surface area (Å²) in [5.74, 6) is -0.549. The fourth-order valence-electron chi connectivity index (χ4n) is 2.51. The van der Waals surface area contributed by atoms with Crippen molar-refractivity contribution in [2.45, 2.75) is 33.2 Å². The van der Waals surface area contributed by atoms with Crippen LogP contribution >= 0.6 is 11.3 Å². The molecule has 1 N–H and O–H groups in total. The predicted octanol–water partition coefficient (Wildman–Crippen LogP) is 3.20. The Kier molecular flexibility index (Phi) is 6.47. The summed E-state index contributed by atoms with van der Waals surface area (Å²) < 4.78 is 0. The highest BCUT2D eigenvalue weighted by molar-refractivity contribution is 7.09. The predicted molar refractivity (Wildman–Crippen MR) is 101 cm³/mol. The van der Waals surface area contributed by atoms with Crippen molar-refractivity contribution in [3.05, 3.63) is 40.2 Å². The highest BCUT2D eigenvalue weighted by atomic mass is 32.1. The maximum Gasteiger partial charge on any atom is 0.257 e. The number of rotatable bonds is 6. The molecule has 0 saturated carbocycles. The van der Waals surface area contributed by atoms with Gasteiger partial charge in [-0.2, -0.15) is 5.26 Å². The Morgan fingerprint density at radius 2 is 1.96 bits per heavy atom. The molecule has 2 aromatic rings. The van der Waals surface area contributed by atoms with Crippen LogP contribution in [0.5, 0.6) is 0 Å². The van der Waals surface area contributed by atoms with Crippen molar-refractivity contribution in [2.75, 3.05) is 7.05 Å². The van der Waals surface area contributed by atoms with E-state index in [0.717, 1.165) is 21.2 Å². The minimum atomic E-state index is -0.729. The highest BCUT2D eigenvalue weighted by Gasteiger charge is 2.25. The van der Waals surface area contributed by atoms with Gasteiger partial charge in [-0.3, -0.25) is 14.5 Å². The van der Waals surface area contributed by atoms with E-state index >= 15 is 0 Å². The fourth-order valence-corrected chi connectivity index (χ4v) is 3.13. The number of nitrogens with zero attached hydrogens (tertiary/aromatic N) is 3. The molecule has 136 valence electrons. The third-order valence-electron chi connectivity index (χ3n) is 3.85. The van der Waals surface area contributed by atoms with Gasteiger partial charge in [0.15, 0.2) is 6.19 Å². The summed E-state index contributed by atoms with van der Waals surface area (Å²) in [7, 11) is 1.40. The number of amides is 2. The first-order valence-corrected chi connectivity index (χ1v) is 9.20. The van der Waals surface area contributed by atoms with E-state index in [9.17, 15) is 9.59 Å². The van der Waals surface area contributed by atoms with Crippen LogP contribution in [-0.4, -0.2) is 34.8 Å². The minimum Gasteiger partial charge on any atom is -0.340 e. The summed E-state index contributed by atoms with van der Waals surface area (Å²) in [4.78, 5) is 30.2. The van der Waals surface area contributed by atoms with Gasteiger partial charge in [-0.25, -0.2) is 4.98 Å². The Labute approximate surface area is 157 Å². The van der Waals surface area contributed by atoms with Crippen molar-refractivity contribution >= 4 is 23.2 Å². The lowest BCUT2D eigenvalue weighted by Crippen LogP contribution is -2.46. The molecule has 2 amide bonds. The Hall–Kier alpha value is -2.72. The second-order valence-electron chi connectivity index (χ2n) is 6.48. The molecule has 0 aliphatic carbocycles. The summed E-state index contributed by atoms with van der Waals surface area (Å²) in [6, 6.07) is 6.37. The number of nitriles is 1. The van der Waals surface area contributed by atoms with Crippen LogP contribution in [0, 0.1) is 24.3 Å². The number of benzene rings is 1. The molecular weight excluding hydrogens is 348 g/mol. The van der Waals surface area contributed by atoms with Gasteiger partial charge in [-0.05, 0) is 31.4 Å². The standard InChI is InChI=1S/C19H22N4O2S/c1-12(2)9-16(19(25)23(4)11-20)22-18(24)15-7-5-14(6-8-15)17-10-26-13(3)21-17/h5-8,10,12,16H,9H2,1-4H3,(H,22,24). The number of hydrogen-bond acceptors (Lipinski definition) is 5. The lowest BCUT2D eigenvalue weighted by Gasteiger charge is -2.21. The van der Waals surface area contributed by atoms with Gasteiger partial charge >= 0.3 is 0 Å². The zero-order valence-electron chi connectivity index (χ0n) is 15.3. The number of nitrogens with one attached hydrogen (secondary N) is 1. The molecule has 1 unspecified atom stereocenters. The average molecular weight is 370 g/mol. The summed E-state index contributed by atoms with van der Waals surface area (Å²) in [6.07, 6.45) is 2.25. The SMILES string of the molecule is Cc1nc(-c2ccc(C(=O)NC(CC(C)C)C(=O)N(C)C#N)cc2)cs1. The zero-order chi connectivity index (χ0) is 19.3. The van der Waals surface area contributed by atoms with Gasteiger partial charge in [-0.15, -0.1) is 11.3 Å². The van der Waals surface area contributed by atoms with E-state index in [4.69, 9.17) is 5.26 Å². The number of aromatic nitrogens is 1. The molecule has 0 aliphatic heterocycles. The lowest BCUT2D eigenvalue weighted by atomic mass is 10.0. The first-order valence-electron chi connectivity index (χ1n) is 8.32. The highest BCUT2D eigenvalue weighted by Crippen LogP contribution is 2.22.